The van der Waals surface area contributed by atoms with Crippen molar-refractivity contribution in [2.24, 2.45) is 0 Å². The minimum atomic E-state index is -1.06. The predicted molar refractivity (Wildman–Crippen MR) is 73.8 cm³/mol. The van der Waals surface area contributed by atoms with Gasteiger partial charge < -0.3 is 15.7 Å². The highest BCUT2D eigenvalue weighted by molar-refractivity contribution is 5.97. The van der Waals surface area contributed by atoms with Gasteiger partial charge in [0, 0.05) is 25.6 Å². The number of hydrogen-bond acceptors (Lipinski definition) is 3. The highest BCUT2D eigenvalue weighted by Crippen LogP contribution is 2.10. The van der Waals surface area contributed by atoms with Crippen LogP contribution in [0.5, 0.6) is 0 Å². The predicted octanol–water partition coefficient (Wildman–Crippen LogP) is 0.949. The van der Waals surface area contributed by atoms with Gasteiger partial charge in [0.25, 0.3) is 5.91 Å². The molecular weight excluding hydrogens is 260 g/mol. The molecule has 0 aliphatic carbocycles. The number of carboxylic acids is 1. The first-order chi connectivity index (χ1) is 9.40. The largest absolute Gasteiger partial charge is 0.478 e. The van der Waals surface area contributed by atoms with Crippen molar-refractivity contribution in [1.82, 2.24) is 10.6 Å². The molecule has 0 aliphatic rings. The van der Waals surface area contributed by atoms with Crippen molar-refractivity contribution in [3.8, 4) is 0 Å². The first-order valence-electron chi connectivity index (χ1n) is 6.28. The van der Waals surface area contributed by atoms with Crippen molar-refractivity contribution in [2.45, 2.75) is 20.3 Å². The number of carbonyl (C=O) groups excluding carboxylic acids is 2. The molecule has 20 heavy (non-hydrogen) atoms. The lowest BCUT2D eigenvalue weighted by molar-refractivity contribution is -0.118. The molecular formula is C14H18N2O4. The molecule has 0 atom stereocenters. The number of carboxylic acid groups (broad SMARTS) is 1. The van der Waals surface area contributed by atoms with Gasteiger partial charge in [-0.1, -0.05) is 0 Å². The van der Waals surface area contributed by atoms with Crippen molar-refractivity contribution >= 4 is 17.8 Å². The van der Waals surface area contributed by atoms with E-state index in [0.29, 0.717) is 30.6 Å². The Morgan fingerprint density at radius 3 is 2.25 bits per heavy atom. The molecule has 3 N–H and O–H groups in total. The number of nitrogens with one attached hydrogen (secondary N) is 2. The highest BCUT2D eigenvalue weighted by atomic mass is 16.4. The second-order valence-corrected chi connectivity index (χ2v) is 4.49. The molecule has 1 aromatic carbocycles. The third-order valence-electron chi connectivity index (χ3n) is 2.60. The van der Waals surface area contributed by atoms with Gasteiger partial charge in [0.1, 0.15) is 0 Å². The van der Waals surface area contributed by atoms with Crippen LogP contribution in [-0.2, 0) is 4.79 Å². The molecule has 1 aromatic rings. The minimum absolute atomic E-state index is 0.0911. The van der Waals surface area contributed by atoms with Crippen LogP contribution >= 0.6 is 0 Å². The van der Waals surface area contributed by atoms with E-state index in [1.807, 2.05) is 0 Å². The molecule has 0 fully saturated rings. The fourth-order valence-corrected chi connectivity index (χ4v) is 1.69. The van der Waals surface area contributed by atoms with E-state index in [1.165, 1.54) is 19.1 Å². The van der Waals surface area contributed by atoms with E-state index < -0.39 is 5.97 Å². The number of hydrogen-bond donors (Lipinski definition) is 3. The highest BCUT2D eigenvalue weighted by Gasteiger charge is 2.10. The van der Waals surface area contributed by atoms with Crippen LogP contribution in [0.3, 0.4) is 0 Å². The summed E-state index contributed by atoms with van der Waals surface area (Å²) in [6.07, 6.45) is 0.614. The summed E-state index contributed by atoms with van der Waals surface area (Å²) in [6, 6.07) is 4.49. The molecule has 108 valence electrons. The number of aromatic carboxylic acids is 1. The van der Waals surface area contributed by atoms with Crippen molar-refractivity contribution in [2.75, 3.05) is 13.1 Å². The topological polar surface area (TPSA) is 95.5 Å². The Labute approximate surface area is 117 Å². The Morgan fingerprint density at radius 1 is 1.05 bits per heavy atom. The van der Waals surface area contributed by atoms with E-state index >= 15 is 0 Å². The smallest absolute Gasteiger partial charge is 0.335 e. The molecule has 2 amide bonds. The summed E-state index contributed by atoms with van der Waals surface area (Å²) in [6.45, 7) is 4.07. The summed E-state index contributed by atoms with van der Waals surface area (Å²) in [4.78, 5) is 33.4. The zero-order valence-corrected chi connectivity index (χ0v) is 11.5. The molecule has 0 saturated carbocycles. The first kappa shape index (κ1) is 15.7. The summed E-state index contributed by atoms with van der Waals surface area (Å²) in [5, 5.41) is 14.2. The second-order valence-electron chi connectivity index (χ2n) is 4.49. The maximum absolute atomic E-state index is 11.9. The summed E-state index contributed by atoms with van der Waals surface area (Å²) in [7, 11) is 0. The standard InChI is InChI=1S/C14H18N2O4/c1-9-6-11(8-12(7-9)14(19)20)13(18)16-5-3-4-15-10(2)17/h6-8H,3-5H2,1-2H3,(H,15,17)(H,16,18)(H,19,20). The average Bonchev–Trinajstić information content (AvgIpc) is 2.36. The van der Waals surface area contributed by atoms with Crippen LogP contribution in [0, 0.1) is 6.92 Å². The summed E-state index contributed by atoms with van der Waals surface area (Å²) >= 11 is 0. The monoisotopic (exact) mass is 278 g/mol. The summed E-state index contributed by atoms with van der Waals surface area (Å²) < 4.78 is 0. The maximum atomic E-state index is 11.9. The zero-order valence-electron chi connectivity index (χ0n) is 11.5. The van der Waals surface area contributed by atoms with E-state index in [1.54, 1.807) is 13.0 Å². The molecule has 0 saturated heterocycles. The Balaban J connectivity index is 2.55. The molecule has 0 heterocycles. The maximum Gasteiger partial charge on any atom is 0.335 e. The average molecular weight is 278 g/mol. The van der Waals surface area contributed by atoms with Crippen LogP contribution in [0.25, 0.3) is 0 Å². The molecule has 0 aromatic heterocycles. The van der Waals surface area contributed by atoms with Crippen LogP contribution < -0.4 is 10.6 Å². The Bertz CT molecular complexity index is 526. The molecule has 1 rings (SSSR count). The minimum Gasteiger partial charge on any atom is -0.478 e. The molecule has 0 unspecified atom stereocenters. The number of carbonyl (C=O) groups is 3. The quantitative estimate of drug-likeness (QED) is 0.675. The third-order valence-corrected chi connectivity index (χ3v) is 2.60. The SMILES string of the molecule is CC(=O)NCCCNC(=O)c1cc(C)cc(C(=O)O)c1. The van der Waals surface area contributed by atoms with Crippen LogP contribution in [0.1, 0.15) is 39.6 Å². The third kappa shape index (κ3) is 5.09. The van der Waals surface area contributed by atoms with Crippen molar-refractivity contribution < 1.29 is 19.5 Å². The Hall–Kier alpha value is -2.37. The van der Waals surface area contributed by atoms with Crippen LogP contribution in [0.15, 0.2) is 18.2 Å². The van der Waals surface area contributed by atoms with Crippen LogP contribution in [0.4, 0.5) is 0 Å². The van der Waals surface area contributed by atoms with Crippen LogP contribution in [-0.4, -0.2) is 36.0 Å². The lowest BCUT2D eigenvalue weighted by Crippen LogP contribution is -2.29. The molecule has 0 aliphatic heterocycles. The van der Waals surface area contributed by atoms with E-state index in [9.17, 15) is 14.4 Å². The number of rotatable bonds is 6. The molecule has 0 radical (unpaired) electrons. The molecule has 6 nitrogen and oxygen atoms in total. The summed E-state index contributed by atoms with van der Waals surface area (Å²) in [5.41, 5.74) is 1.13. The van der Waals surface area contributed by atoms with Gasteiger partial charge in [-0.15, -0.1) is 0 Å². The molecule has 6 heteroatoms. The van der Waals surface area contributed by atoms with Gasteiger partial charge in [-0.2, -0.15) is 0 Å². The van der Waals surface area contributed by atoms with Gasteiger partial charge in [-0.25, -0.2) is 4.79 Å². The van der Waals surface area contributed by atoms with Gasteiger partial charge in [-0.05, 0) is 37.1 Å². The van der Waals surface area contributed by atoms with Crippen molar-refractivity contribution in [1.29, 1.82) is 0 Å². The van der Waals surface area contributed by atoms with E-state index in [-0.39, 0.29) is 17.4 Å². The van der Waals surface area contributed by atoms with Crippen molar-refractivity contribution in [3.63, 3.8) is 0 Å². The lowest BCUT2D eigenvalue weighted by atomic mass is 10.1. The Kier molecular flexibility index (Phi) is 5.71. The van der Waals surface area contributed by atoms with E-state index in [0.717, 1.165) is 0 Å². The van der Waals surface area contributed by atoms with Crippen molar-refractivity contribution in [3.05, 3.63) is 34.9 Å². The number of amides is 2. The van der Waals surface area contributed by atoms with E-state index in [2.05, 4.69) is 10.6 Å². The molecule has 0 spiro atoms. The first-order valence-corrected chi connectivity index (χ1v) is 6.28. The van der Waals surface area contributed by atoms with E-state index in [4.69, 9.17) is 5.11 Å². The van der Waals surface area contributed by atoms with Gasteiger partial charge in [-0.3, -0.25) is 9.59 Å². The lowest BCUT2D eigenvalue weighted by Gasteiger charge is -2.07. The normalized spacial score (nSPS) is 9.90. The van der Waals surface area contributed by atoms with Gasteiger partial charge >= 0.3 is 5.97 Å². The number of benzene rings is 1. The van der Waals surface area contributed by atoms with Gasteiger partial charge in [0.15, 0.2) is 0 Å². The fourth-order valence-electron chi connectivity index (χ4n) is 1.69. The fraction of sp³-hybridized carbons (Fsp3) is 0.357. The second kappa shape index (κ2) is 7.28. The summed E-state index contributed by atoms with van der Waals surface area (Å²) in [5.74, 6) is -1.49. The molecule has 0 bridgehead atoms. The number of aryl methyl sites for hydroxylation is 1. The Morgan fingerprint density at radius 2 is 1.65 bits per heavy atom. The zero-order chi connectivity index (χ0) is 15.1. The van der Waals surface area contributed by atoms with Gasteiger partial charge in [0.05, 0.1) is 5.56 Å². The van der Waals surface area contributed by atoms with Crippen LogP contribution in [0.2, 0.25) is 0 Å². The van der Waals surface area contributed by atoms with Gasteiger partial charge in [0.2, 0.25) is 5.91 Å².